The number of aldehydes is 1. The van der Waals surface area contributed by atoms with E-state index < -0.39 is 0 Å². The smallest absolute Gasteiger partial charge is 0.130 e. The summed E-state index contributed by atoms with van der Waals surface area (Å²) in [4.78, 5) is 20.1. The van der Waals surface area contributed by atoms with Crippen LogP contribution in [0.15, 0.2) is 85.2 Å². The van der Waals surface area contributed by atoms with Crippen molar-refractivity contribution < 1.29 is 9.53 Å². The fourth-order valence-electron chi connectivity index (χ4n) is 3.18. The zero-order chi connectivity index (χ0) is 19.2. The second-order valence-corrected chi connectivity index (χ2v) is 6.66. The van der Waals surface area contributed by atoms with Crippen LogP contribution >= 0.6 is 0 Å². The molecule has 0 bridgehead atoms. The number of carbonyl (C=O) groups excluding carboxylic acids is 1. The molecule has 0 aliphatic heterocycles. The molecule has 0 spiro atoms. The van der Waals surface area contributed by atoms with Gasteiger partial charge in [-0.3, -0.25) is 4.98 Å². The van der Waals surface area contributed by atoms with Gasteiger partial charge in [-0.1, -0.05) is 36.4 Å². The fourth-order valence-corrected chi connectivity index (χ4v) is 3.18. The lowest BCUT2D eigenvalue weighted by molar-refractivity contribution is -0.109. The van der Waals surface area contributed by atoms with Crippen LogP contribution in [0, 0.1) is 0 Å². The van der Waals surface area contributed by atoms with Crippen molar-refractivity contribution in [2.24, 2.45) is 0 Å². The van der Waals surface area contributed by atoms with E-state index in [4.69, 9.17) is 4.74 Å². The van der Waals surface area contributed by atoms with E-state index in [-0.39, 0.29) is 5.92 Å². The van der Waals surface area contributed by atoms with Gasteiger partial charge in [0, 0.05) is 23.7 Å². The minimum atomic E-state index is -0.170. The van der Waals surface area contributed by atoms with E-state index >= 15 is 0 Å². The number of hydrogen-bond donors (Lipinski definition) is 0. The molecule has 0 saturated carbocycles. The first-order valence-electron chi connectivity index (χ1n) is 9.23. The Labute approximate surface area is 163 Å². The van der Waals surface area contributed by atoms with Crippen molar-refractivity contribution in [2.75, 3.05) is 0 Å². The van der Waals surface area contributed by atoms with Crippen molar-refractivity contribution >= 4 is 17.2 Å². The van der Waals surface area contributed by atoms with Gasteiger partial charge < -0.3 is 9.53 Å². The maximum absolute atomic E-state index is 11.5. The summed E-state index contributed by atoms with van der Waals surface area (Å²) < 4.78 is 5.87. The quantitative estimate of drug-likeness (QED) is 0.442. The first-order chi connectivity index (χ1) is 13.8. The standard InChI is InChI=1S/C24H20N2O2/c27-16-21(19-11-13-25-14-12-19)15-18-5-9-23(10-6-18)28-17-22-8-7-20-3-1-2-4-24(20)26-22/h1-14,16,21H,15,17H2. The Morgan fingerprint density at radius 3 is 2.46 bits per heavy atom. The zero-order valence-electron chi connectivity index (χ0n) is 15.4. The highest BCUT2D eigenvalue weighted by molar-refractivity contribution is 5.78. The SMILES string of the molecule is O=CC(Cc1ccc(OCc2ccc3ccccc3n2)cc1)c1ccncc1. The van der Waals surface area contributed by atoms with E-state index in [2.05, 4.69) is 16.0 Å². The van der Waals surface area contributed by atoms with Crippen molar-refractivity contribution in [3.05, 3.63) is 102 Å². The average Bonchev–Trinajstić information content (AvgIpc) is 2.77. The molecule has 0 aliphatic carbocycles. The van der Waals surface area contributed by atoms with E-state index in [0.717, 1.165) is 39.8 Å². The molecular weight excluding hydrogens is 348 g/mol. The van der Waals surface area contributed by atoms with E-state index in [9.17, 15) is 4.79 Å². The topological polar surface area (TPSA) is 52.1 Å². The van der Waals surface area contributed by atoms with Crippen LogP contribution in [0.1, 0.15) is 22.7 Å². The first kappa shape index (κ1) is 17.9. The normalized spacial score (nSPS) is 11.9. The maximum Gasteiger partial charge on any atom is 0.130 e. The fraction of sp³-hybridized carbons (Fsp3) is 0.125. The number of para-hydroxylation sites is 1. The Balaban J connectivity index is 1.39. The summed E-state index contributed by atoms with van der Waals surface area (Å²) in [6, 6.07) is 23.7. The van der Waals surface area contributed by atoms with Crippen molar-refractivity contribution in [1.29, 1.82) is 0 Å². The summed E-state index contributed by atoms with van der Waals surface area (Å²) in [6.45, 7) is 0.415. The van der Waals surface area contributed by atoms with Gasteiger partial charge in [0.05, 0.1) is 11.2 Å². The minimum absolute atomic E-state index is 0.170. The first-order valence-corrected chi connectivity index (χ1v) is 9.23. The molecule has 4 aromatic rings. The van der Waals surface area contributed by atoms with E-state index in [0.29, 0.717) is 13.0 Å². The summed E-state index contributed by atoms with van der Waals surface area (Å²) in [7, 11) is 0. The third-order valence-electron chi connectivity index (χ3n) is 4.72. The molecule has 28 heavy (non-hydrogen) atoms. The maximum atomic E-state index is 11.5. The monoisotopic (exact) mass is 368 g/mol. The molecule has 2 heterocycles. The van der Waals surface area contributed by atoms with Gasteiger partial charge in [-0.15, -0.1) is 0 Å². The van der Waals surface area contributed by atoms with Crippen molar-refractivity contribution in [3.63, 3.8) is 0 Å². The van der Waals surface area contributed by atoms with Gasteiger partial charge in [0.1, 0.15) is 18.6 Å². The summed E-state index contributed by atoms with van der Waals surface area (Å²) >= 11 is 0. The summed E-state index contributed by atoms with van der Waals surface area (Å²) in [5.74, 6) is 0.613. The lowest BCUT2D eigenvalue weighted by atomic mass is 9.94. The van der Waals surface area contributed by atoms with Crippen molar-refractivity contribution in [1.82, 2.24) is 9.97 Å². The molecule has 1 unspecified atom stereocenters. The molecule has 0 saturated heterocycles. The number of hydrogen-bond acceptors (Lipinski definition) is 4. The van der Waals surface area contributed by atoms with E-state index in [1.807, 2.05) is 66.7 Å². The Hall–Kier alpha value is -3.53. The summed E-state index contributed by atoms with van der Waals surface area (Å²) in [5, 5.41) is 1.12. The molecule has 2 aromatic carbocycles. The molecule has 0 aliphatic rings. The molecule has 0 fully saturated rings. The highest BCUT2D eigenvalue weighted by atomic mass is 16.5. The van der Waals surface area contributed by atoms with E-state index in [1.54, 1.807) is 12.4 Å². The molecule has 1 atom stereocenters. The number of rotatable bonds is 7. The minimum Gasteiger partial charge on any atom is -0.487 e. The zero-order valence-corrected chi connectivity index (χ0v) is 15.4. The molecule has 4 nitrogen and oxygen atoms in total. The van der Waals surface area contributed by atoms with Crippen LogP contribution in [0.5, 0.6) is 5.75 Å². The number of fused-ring (bicyclic) bond motifs is 1. The predicted octanol–water partition coefficient (Wildman–Crippen LogP) is 4.73. The van der Waals surface area contributed by atoms with Crippen LogP contribution in [-0.4, -0.2) is 16.3 Å². The largest absolute Gasteiger partial charge is 0.487 e. The number of nitrogens with zero attached hydrogens (tertiary/aromatic N) is 2. The van der Waals surface area contributed by atoms with Gasteiger partial charge in [-0.2, -0.15) is 0 Å². The number of benzene rings is 2. The lowest BCUT2D eigenvalue weighted by Gasteiger charge is -2.11. The number of aromatic nitrogens is 2. The number of pyridine rings is 2. The molecule has 2 aromatic heterocycles. The molecule has 0 radical (unpaired) electrons. The molecule has 138 valence electrons. The number of ether oxygens (including phenoxy) is 1. The summed E-state index contributed by atoms with van der Waals surface area (Å²) in [5.41, 5.74) is 3.93. The second kappa shape index (κ2) is 8.44. The number of carbonyl (C=O) groups is 1. The Morgan fingerprint density at radius 2 is 1.68 bits per heavy atom. The van der Waals surface area contributed by atoms with Crippen LogP contribution in [0.4, 0.5) is 0 Å². The van der Waals surface area contributed by atoms with Crippen LogP contribution in [0.2, 0.25) is 0 Å². The molecule has 0 N–H and O–H groups in total. The highest BCUT2D eigenvalue weighted by Gasteiger charge is 2.11. The molecule has 4 rings (SSSR count). The van der Waals surface area contributed by atoms with Gasteiger partial charge in [0.2, 0.25) is 0 Å². The van der Waals surface area contributed by atoms with Gasteiger partial charge in [-0.25, -0.2) is 4.98 Å². The van der Waals surface area contributed by atoms with Gasteiger partial charge in [-0.05, 0) is 53.9 Å². The van der Waals surface area contributed by atoms with Gasteiger partial charge in [0.15, 0.2) is 0 Å². The Bertz CT molecular complexity index is 1060. The van der Waals surface area contributed by atoms with Gasteiger partial charge in [0.25, 0.3) is 0 Å². The average molecular weight is 368 g/mol. The van der Waals surface area contributed by atoms with Crippen molar-refractivity contribution in [3.8, 4) is 5.75 Å². The molecule has 0 amide bonds. The highest BCUT2D eigenvalue weighted by Crippen LogP contribution is 2.21. The molecular formula is C24H20N2O2. The molecule has 4 heteroatoms. The summed E-state index contributed by atoms with van der Waals surface area (Å²) in [6.07, 6.45) is 5.07. The van der Waals surface area contributed by atoms with E-state index in [1.165, 1.54) is 0 Å². The van der Waals surface area contributed by atoms with Crippen LogP contribution < -0.4 is 4.74 Å². The third-order valence-corrected chi connectivity index (χ3v) is 4.72. The van der Waals surface area contributed by atoms with Gasteiger partial charge >= 0.3 is 0 Å². The van der Waals surface area contributed by atoms with Crippen LogP contribution in [0.3, 0.4) is 0 Å². The third kappa shape index (κ3) is 4.23. The second-order valence-electron chi connectivity index (χ2n) is 6.66. The predicted molar refractivity (Wildman–Crippen MR) is 109 cm³/mol. The lowest BCUT2D eigenvalue weighted by Crippen LogP contribution is -2.04. The van der Waals surface area contributed by atoms with Crippen LogP contribution in [-0.2, 0) is 17.8 Å². The van der Waals surface area contributed by atoms with Crippen molar-refractivity contribution in [2.45, 2.75) is 18.9 Å². The Morgan fingerprint density at radius 1 is 0.893 bits per heavy atom. The Kier molecular flexibility index (Phi) is 5.38. The van der Waals surface area contributed by atoms with Crippen LogP contribution in [0.25, 0.3) is 10.9 Å².